The molecule has 0 aliphatic carbocycles. The largest absolute Gasteiger partial charge is 0.369 e. The molecule has 0 aromatic carbocycles. The van der Waals surface area contributed by atoms with E-state index < -0.39 is 0 Å². The zero-order valence-electron chi connectivity index (χ0n) is 10.4. The second-order valence-corrected chi connectivity index (χ2v) is 5.52. The summed E-state index contributed by atoms with van der Waals surface area (Å²) in [7, 11) is 0. The minimum absolute atomic E-state index is 0.690. The monoisotopic (exact) mass is 263 g/mol. The van der Waals surface area contributed by atoms with Gasteiger partial charge in [-0.05, 0) is 50.3 Å². The van der Waals surface area contributed by atoms with E-state index in [0.29, 0.717) is 5.92 Å². The van der Waals surface area contributed by atoms with Crippen LogP contribution in [0.1, 0.15) is 18.5 Å². The van der Waals surface area contributed by atoms with E-state index in [9.17, 15) is 0 Å². The number of hydrogen-bond acceptors (Lipinski definition) is 6. The van der Waals surface area contributed by atoms with Crippen LogP contribution >= 0.6 is 11.5 Å². The minimum Gasteiger partial charge on any atom is -0.369 e. The predicted octanol–water partition coefficient (Wildman–Crippen LogP) is 1.81. The number of fused-ring (bicyclic) bond motifs is 1. The van der Waals surface area contributed by atoms with Crippen LogP contribution in [-0.2, 0) is 0 Å². The van der Waals surface area contributed by atoms with Crippen LogP contribution in [0.15, 0.2) is 6.33 Å². The van der Waals surface area contributed by atoms with Crippen molar-refractivity contribution in [2.75, 3.05) is 25.0 Å². The van der Waals surface area contributed by atoms with Crippen LogP contribution in [-0.4, -0.2) is 34.0 Å². The number of nitrogens with zero attached hydrogens (tertiary/aromatic N) is 3. The normalized spacial score (nSPS) is 20.2. The van der Waals surface area contributed by atoms with Crippen LogP contribution in [0.3, 0.4) is 0 Å². The van der Waals surface area contributed by atoms with E-state index >= 15 is 0 Å². The topological polar surface area (TPSA) is 62.7 Å². The summed E-state index contributed by atoms with van der Waals surface area (Å²) in [6.45, 7) is 5.23. The predicted molar refractivity (Wildman–Crippen MR) is 74.0 cm³/mol. The van der Waals surface area contributed by atoms with Crippen LogP contribution in [0.4, 0.5) is 5.82 Å². The van der Waals surface area contributed by atoms with Crippen LogP contribution in [0.2, 0.25) is 0 Å². The van der Waals surface area contributed by atoms with Crippen molar-refractivity contribution in [1.29, 1.82) is 0 Å². The first kappa shape index (κ1) is 11.8. The van der Waals surface area contributed by atoms with E-state index in [1.807, 2.05) is 6.92 Å². The van der Waals surface area contributed by atoms with Gasteiger partial charge in [-0.25, -0.2) is 9.97 Å². The van der Waals surface area contributed by atoms with Crippen LogP contribution < -0.4 is 10.6 Å². The highest BCUT2D eigenvalue weighted by atomic mass is 32.1. The number of hydrogen-bond donors (Lipinski definition) is 2. The highest BCUT2D eigenvalue weighted by Crippen LogP contribution is 2.26. The lowest BCUT2D eigenvalue weighted by Crippen LogP contribution is -2.33. The molecular formula is C12H17N5S. The van der Waals surface area contributed by atoms with Crippen molar-refractivity contribution in [3.05, 3.63) is 12.0 Å². The lowest BCUT2D eigenvalue weighted by atomic mass is 10.00. The lowest BCUT2D eigenvalue weighted by Gasteiger charge is -2.23. The summed E-state index contributed by atoms with van der Waals surface area (Å²) in [6, 6.07) is 0. The molecule has 3 heterocycles. The van der Waals surface area contributed by atoms with Crippen molar-refractivity contribution in [3.63, 3.8) is 0 Å². The second kappa shape index (κ2) is 5.16. The van der Waals surface area contributed by atoms with E-state index in [2.05, 4.69) is 25.0 Å². The third-order valence-corrected chi connectivity index (χ3v) is 4.25. The maximum Gasteiger partial charge on any atom is 0.149 e. The van der Waals surface area contributed by atoms with Gasteiger partial charge in [-0.2, -0.15) is 4.37 Å². The van der Waals surface area contributed by atoms with Crippen molar-refractivity contribution < 1.29 is 0 Å². The molecule has 0 amide bonds. The van der Waals surface area contributed by atoms with Gasteiger partial charge in [-0.1, -0.05) is 0 Å². The molecular weight excluding hydrogens is 246 g/mol. The maximum absolute atomic E-state index is 4.35. The SMILES string of the molecule is Cc1nsc2ncnc(NCC3CCCNC3)c12. The van der Waals surface area contributed by atoms with Gasteiger partial charge in [0.2, 0.25) is 0 Å². The molecule has 2 aromatic rings. The number of aromatic nitrogens is 3. The van der Waals surface area contributed by atoms with Crippen molar-refractivity contribution in [3.8, 4) is 0 Å². The third kappa shape index (κ3) is 2.30. The summed E-state index contributed by atoms with van der Waals surface area (Å²) in [6.07, 6.45) is 4.17. The van der Waals surface area contributed by atoms with Crippen LogP contribution in [0.5, 0.6) is 0 Å². The Morgan fingerprint density at radius 3 is 3.28 bits per heavy atom. The van der Waals surface area contributed by atoms with Gasteiger partial charge in [0.25, 0.3) is 0 Å². The van der Waals surface area contributed by atoms with Crippen molar-refractivity contribution in [2.45, 2.75) is 19.8 Å². The molecule has 1 aliphatic rings. The van der Waals surface area contributed by atoms with Gasteiger partial charge in [0.05, 0.1) is 11.1 Å². The molecule has 1 saturated heterocycles. The van der Waals surface area contributed by atoms with Crippen LogP contribution in [0, 0.1) is 12.8 Å². The first-order valence-electron chi connectivity index (χ1n) is 6.36. The van der Waals surface area contributed by atoms with Crippen LogP contribution in [0.25, 0.3) is 10.2 Å². The molecule has 1 aliphatic heterocycles. The van der Waals surface area contributed by atoms with E-state index in [1.165, 1.54) is 24.4 Å². The third-order valence-electron chi connectivity index (χ3n) is 3.40. The fraction of sp³-hybridized carbons (Fsp3) is 0.583. The zero-order valence-corrected chi connectivity index (χ0v) is 11.3. The van der Waals surface area contributed by atoms with Gasteiger partial charge >= 0.3 is 0 Å². The Balaban J connectivity index is 1.75. The quantitative estimate of drug-likeness (QED) is 0.884. The van der Waals surface area contributed by atoms with E-state index in [0.717, 1.165) is 41.4 Å². The average Bonchev–Trinajstić information content (AvgIpc) is 2.80. The number of rotatable bonds is 3. The zero-order chi connectivity index (χ0) is 12.4. The summed E-state index contributed by atoms with van der Waals surface area (Å²) in [4.78, 5) is 9.56. The molecule has 6 heteroatoms. The smallest absolute Gasteiger partial charge is 0.149 e. The molecule has 5 nitrogen and oxygen atoms in total. The second-order valence-electron chi connectivity index (χ2n) is 4.76. The highest BCUT2D eigenvalue weighted by molar-refractivity contribution is 7.13. The molecule has 0 spiro atoms. The molecule has 1 atom stereocenters. The summed E-state index contributed by atoms with van der Waals surface area (Å²) < 4.78 is 4.34. The van der Waals surface area contributed by atoms with Gasteiger partial charge in [0, 0.05) is 6.54 Å². The Bertz CT molecular complexity index is 532. The lowest BCUT2D eigenvalue weighted by molar-refractivity contribution is 0.392. The first-order valence-corrected chi connectivity index (χ1v) is 7.13. The van der Waals surface area contributed by atoms with Gasteiger partial charge < -0.3 is 10.6 Å². The standard InChI is InChI=1S/C12H17N5S/c1-8-10-11(15-7-16-12(10)18-17-8)14-6-9-3-2-4-13-5-9/h7,9,13H,2-6H2,1H3,(H,14,15,16). The van der Waals surface area contributed by atoms with Crippen molar-refractivity contribution in [1.82, 2.24) is 19.7 Å². The summed E-state index contributed by atoms with van der Waals surface area (Å²) in [5.74, 6) is 1.62. The summed E-state index contributed by atoms with van der Waals surface area (Å²) in [5.41, 5.74) is 1.01. The van der Waals surface area contributed by atoms with Gasteiger partial charge in [0.15, 0.2) is 0 Å². The Labute approximate surface area is 110 Å². The number of nitrogens with one attached hydrogen (secondary N) is 2. The summed E-state index contributed by atoms with van der Waals surface area (Å²) >= 11 is 1.44. The molecule has 1 unspecified atom stereocenters. The Morgan fingerprint density at radius 2 is 2.44 bits per heavy atom. The highest BCUT2D eigenvalue weighted by Gasteiger charge is 2.14. The minimum atomic E-state index is 0.690. The average molecular weight is 263 g/mol. The molecule has 0 bridgehead atoms. The maximum atomic E-state index is 4.35. The van der Waals surface area contributed by atoms with Crippen molar-refractivity contribution >= 4 is 27.6 Å². The molecule has 2 aromatic heterocycles. The van der Waals surface area contributed by atoms with Gasteiger partial charge in [-0.3, -0.25) is 0 Å². The number of piperidine rings is 1. The first-order chi connectivity index (χ1) is 8.84. The Hall–Kier alpha value is -1.27. The number of aryl methyl sites for hydroxylation is 1. The van der Waals surface area contributed by atoms with E-state index in [-0.39, 0.29) is 0 Å². The van der Waals surface area contributed by atoms with Crippen molar-refractivity contribution in [2.24, 2.45) is 5.92 Å². The summed E-state index contributed by atoms with van der Waals surface area (Å²) in [5, 5.41) is 7.97. The molecule has 96 valence electrons. The Kier molecular flexibility index (Phi) is 3.38. The van der Waals surface area contributed by atoms with E-state index in [1.54, 1.807) is 6.33 Å². The molecule has 0 saturated carbocycles. The molecule has 18 heavy (non-hydrogen) atoms. The Morgan fingerprint density at radius 1 is 1.50 bits per heavy atom. The molecule has 3 rings (SSSR count). The van der Waals surface area contributed by atoms with Gasteiger partial charge in [0.1, 0.15) is 17.0 Å². The van der Waals surface area contributed by atoms with Gasteiger partial charge in [-0.15, -0.1) is 0 Å². The molecule has 2 N–H and O–H groups in total. The van der Waals surface area contributed by atoms with E-state index in [4.69, 9.17) is 0 Å². The molecule has 0 radical (unpaired) electrons. The number of anilines is 1. The molecule has 1 fully saturated rings. The fourth-order valence-corrected chi connectivity index (χ4v) is 3.14. The fourth-order valence-electron chi connectivity index (χ4n) is 2.40.